The van der Waals surface area contributed by atoms with Gasteiger partial charge in [0.05, 0.1) is 6.10 Å². The third-order valence-corrected chi connectivity index (χ3v) is 5.40. The van der Waals surface area contributed by atoms with Crippen LogP contribution in [0.2, 0.25) is 0 Å². The van der Waals surface area contributed by atoms with Crippen LogP contribution in [0.4, 0.5) is 0 Å². The summed E-state index contributed by atoms with van der Waals surface area (Å²) >= 11 is 0. The molecule has 1 saturated heterocycles. The van der Waals surface area contributed by atoms with Gasteiger partial charge in [-0.3, -0.25) is 10.00 Å². The van der Waals surface area contributed by atoms with E-state index in [1.54, 1.807) is 6.20 Å². The molecule has 2 heterocycles. The number of likely N-dealkylation sites (tertiary alicyclic amines) is 1. The summed E-state index contributed by atoms with van der Waals surface area (Å²) in [6.07, 6.45) is 3.56. The number of hydrogen-bond acceptors (Lipinski definition) is 4. The Morgan fingerprint density at radius 1 is 1.52 bits per heavy atom. The summed E-state index contributed by atoms with van der Waals surface area (Å²) < 4.78 is 0. The van der Waals surface area contributed by atoms with E-state index in [1.807, 2.05) is 6.07 Å². The van der Waals surface area contributed by atoms with Crippen LogP contribution in [-0.4, -0.2) is 51.5 Å². The summed E-state index contributed by atoms with van der Waals surface area (Å²) in [6.45, 7) is 9.87. The van der Waals surface area contributed by atoms with Crippen LogP contribution in [0, 0.1) is 11.3 Å². The molecule has 0 bridgehead atoms. The molecule has 4 atom stereocenters. The van der Waals surface area contributed by atoms with Gasteiger partial charge in [0.2, 0.25) is 0 Å². The van der Waals surface area contributed by atoms with Crippen molar-refractivity contribution < 1.29 is 5.11 Å². The number of hydrogen-bond donors (Lipinski definition) is 3. The average molecular weight is 292 g/mol. The molecular formula is C16H28N4O. The number of aliphatic hydroxyl groups excluding tert-OH is 1. The first-order chi connectivity index (χ1) is 10.1. The number of H-pyrrole nitrogens is 1. The summed E-state index contributed by atoms with van der Waals surface area (Å²) in [7, 11) is 0. The summed E-state index contributed by atoms with van der Waals surface area (Å²) in [5.41, 5.74) is 1.39. The lowest BCUT2D eigenvalue weighted by molar-refractivity contribution is -0.0964. The molecule has 0 aromatic carbocycles. The van der Waals surface area contributed by atoms with E-state index in [1.165, 1.54) is 0 Å². The lowest BCUT2D eigenvalue weighted by Gasteiger charge is -2.58. The summed E-state index contributed by atoms with van der Waals surface area (Å²) in [5, 5.41) is 20.9. The predicted molar refractivity (Wildman–Crippen MR) is 82.8 cm³/mol. The van der Waals surface area contributed by atoms with Crippen molar-refractivity contribution in [3.63, 3.8) is 0 Å². The molecule has 3 rings (SSSR count). The number of rotatable bonds is 5. The summed E-state index contributed by atoms with van der Waals surface area (Å²) in [6, 6.07) is 2.80. The van der Waals surface area contributed by atoms with Gasteiger partial charge in [0.1, 0.15) is 0 Å². The average Bonchev–Trinajstić information content (AvgIpc) is 3.01. The molecule has 0 radical (unpaired) electrons. The van der Waals surface area contributed by atoms with Crippen LogP contribution in [0.25, 0.3) is 0 Å². The van der Waals surface area contributed by atoms with E-state index in [0.717, 1.165) is 38.2 Å². The zero-order valence-electron chi connectivity index (χ0n) is 13.3. The molecular weight excluding hydrogens is 264 g/mol. The van der Waals surface area contributed by atoms with Crippen LogP contribution >= 0.6 is 0 Å². The molecule has 5 heteroatoms. The molecule has 1 aromatic heterocycles. The molecule has 2 unspecified atom stereocenters. The highest BCUT2D eigenvalue weighted by atomic mass is 16.3. The standard InChI is InChI=1S/C16H28N4O/c1-4-20-10-16(15(20)11(2)3)7-13(14(21)8-16)17-9-12-5-6-18-19-12/h5-6,11,13-15,17,21H,4,7-10H2,1-3H3,(H,18,19)/t13-,14-,15?,16?/m1/s1. The Labute approximate surface area is 127 Å². The first-order valence-corrected chi connectivity index (χ1v) is 8.19. The number of nitrogens with zero attached hydrogens (tertiary/aromatic N) is 2. The fourth-order valence-electron chi connectivity index (χ4n) is 4.73. The van der Waals surface area contributed by atoms with E-state index in [0.29, 0.717) is 17.4 Å². The molecule has 2 fully saturated rings. The second-order valence-electron chi connectivity index (χ2n) is 7.16. The smallest absolute Gasteiger partial charge is 0.0699 e. The van der Waals surface area contributed by atoms with E-state index in [-0.39, 0.29) is 12.1 Å². The van der Waals surface area contributed by atoms with Crippen molar-refractivity contribution in [2.45, 2.75) is 58.3 Å². The van der Waals surface area contributed by atoms with Crippen LogP contribution in [0.1, 0.15) is 39.3 Å². The second-order valence-corrected chi connectivity index (χ2v) is 7.16. The van der Waals surface area contributed by atoms with Gasteiger partial charge in [-0.1, -0.05) is 20.8 Å². The highest BCUT2D eigenvalue weighted by Crippen LogP contribution is 2.52. The van der Waals surface area contributed by atoms with Crippen molar-refractivity contribution in [2.75, 3.05) is 13.1 Å². The molecule has 1 aromatic rings. The minimum Gasteiger partial charge on any atom is -0.391 e. The molecule has 118 valence electrons. The molecule has 5 nitrogen and oxygen atoms in total. The van der Waals surface area contributed by atoms with E-state index in [2.05, 4.69) is 41.2 Å². The molecule has 1 aliphatic heterocycles. The Balaban J connectivity index is 1.62. The van der Waals surface area contributed by atoms with Crippen molar-refractivity contribution in [3.8, 4) is 0 Å². The van der Waals surface area contributed by atoms with Crippen LogP contribution in [-0.2, 0) is 6.54 Å². The van der Waals surface area contributed by atoms with Gasteiger partial charge in [0, 0.05) is 42.5 Å². The quantitative estimate of drug-likeness (QED) is 0.767. The minimum atomic E-state index is -0.229. The molecule has 21 heavy (non-hydrogen) atoms. The summed E-state index contributed by atoms with van der Waals surface area (Å²) in [4.78, 5) is 2.56. The van der Waals surface area contributed by atoms with Gasteiger partial charge in [0.25, 0.3) is 0 Å². The Kier molecular flexibility index (Phi) is 4.08. The molecule has 1 saturated carbocycles. The largest absolute Gasteiger partial charge is 0.391 e. The van der Waals surface area contributed by atoms with E-state index in [9.17, 15) is 5.11 Å². The lowest BCUT2D eigenvalue weighted by Crippen LogP contribution is -2.65. The van der Waals surface area contributed by atoms with Crippen LogP contribution in [0.5, 0.6) is 0 Å². The maximum atomic E-state index is 10.5. The van der Waals surface area contributed by atoms with Gasteiger partial charge in [-0.05, 0) is 31.4 Å². The predicted octanol–water partition coefficient (Wildman–Crippen LogP) is 1.37. The van der Waals surface area contributed by atoms with E-state index in [4.69, 9.17) is 0 Å². The third kappa shape index (κ3) is 2.62. The monoisotopic (exact) mass is 292 g/mol. The first kappa shape index (κ1) is 15.0. The maximum Gasteiger partial charge on any atom is 0.0699 e. The lowest BCUT2D eigenvalue weighted by atomic mass is 9.65. The number of aromatic nitrogens is 2. The van der Waals surface area contributed by atoms with Crippen molar-refractivity contribution in [1.29, 1.82) is 0 Å². The van der Waals surface area contributed by atoms with Gasteiger partial charge in [-0.25, -0.2) is 0 Å². The van der Waals surface area contributed by atoms with Crippen molar-refractivity contribution in [3.05, 3.63) is 18.0 Å². The maximum absolute atomic E-state index is 10.5. The fraction of sp³-hybridized carbons (Fsp3) is 0.812. The Hall–Kier alpha value is -0.910. The second kappa shape index (κ2) is 5.71. The van der Waals surface area contributed by atoms with Gasteiger partial charge < -0.3 is 10.4 Å². The molecule has 3 N–H and O–H groups in total. The summed E-state index contributed by atoms with van der Waals surface area (Å²) in [5.74, 6) is 0.650. The number of aromatic amines is 1. The van der Waals surface area contributed by atoms with Gasteiger partial charge in [0.15, 0.2) is 0 Å². The number of aliphatic hydroxyl groups is 1. The topological polar surface area (TPSA) is 64.2 Å². The molecule has 2 aliphatic rings. The van der Waals surface area contributed by atoms with Crippen LogP contribution in [0.15, 0.2) is 12.3 Å². The Bertz CT molecular complexity index is 461. The SMILES string of the molecule is CCN1CC2(C[C@@H](O)[C@H](NCc3ccn[nH]3)C2)C1C(C)C. The van der Waals surface area contributed by atoms with E-state index >= 15 is 0 Å². The highest BCUT2D eigenvalue weighted by Gasteiger charge is 2.58. The van der Waals surface area contributed by atoms with Crippen molar-refractivity contribution in [2.24, 2.45) is 11.3 Å². The highest BCUT2D eigenvalue weighted by molar-refractivity contribution is 5.13. The number of nitrogens with one attached hydrogen (secondary N) is 2. The van der Waals surface area contributed by atoms with Crippen molar-refractivity contribution in [1.82, 2.24) is 20.4 Å². The first-order valence-electron chi connectivity index (χ1n) is 8.19. The van der Waals surface area contributed by atoms with E-state index < -0.39 is 0 Å². The van der Waals surface area contributed by atoms with Gasteiger partial charge in [-0.15, -0.1) is 0 Å². The third-order valence-electron chi connectivity index (χ3n) is 5.40. The van der Waals surface area contributed by atoms with Crippen LogP contribution < -0.4 is 5.32 Å². The fourth-order valence-corrected chi connectivity index (χ4v) is 4.73. The normalized spacial score (nSPS) is 36.5. The molecule has 0 amide bonds. The molecule has 1 aliphatic carbocycles. The zero-order chi connectivity index (χ0) is 15.0. The van der Waals surface area contributed by atoms with Crippen LogP contribution in [0.3, 0.4) is 0 Å². The van der Waals surface area contributed by atoms with Gasteiger partial charge >= 0.3 is 0 Å². The van der Waals surface area contributed by atoms with Crippen molar-refractivity contribution >= 4 is 0 Å². The molecule has 1 spiro atoms. The zero-order valence-corrected chi connectivity index (χ0v) is 13.3. The Morgan fingerprint density at radius 3 is 2.95 bits per heavy atom. The Morgan fingerprint density at radius 2 is 2.33 bits per heavy atom. The minimum absolute atomic E-state index is 0.202. The van der Waals surface area contributed by atoms with Gasteiger partial charge in [-0.2, -0.15) is 5.10 Å².